The van der Waals surface area contributed by atoms with Gasteiger partial charge in [0.1, 0.15) is 6.04 Å². The summed E-state index contributed by atoms with van der Waals surface area (Å²) in [6, 6.07) is 0.517. The van der Waals surface area contributed by atoms with E-state index in [1.807, 2.05) is 0 Å². The summed E-state index contributed by atoms with van der Waals surface area (Å²) in [7, 11) is 0. The lowest BCUT2D eigenvalue weighted by molar-refractivity contribution is -0.141. The Hall–Kier alpha value is -1.86. The van der Waals surface area contributed by atoms with Crippen molar-refractivity contribution in [2.75, 3.05) is 0 Å². The minimum absolute atomic E-state index is 0.0178. The van der Waals surface area contributed by atoms with Crippen LogP contribution in [0.3, 0.4) is 0 Å². The SMILES string of the molecule is Cc1cc(C(F)(F)F)nn1C(C)c1nnc(C23CC4CC(CC(C4)C2)C3)o1. The normalized spacial score (nSPS) is 33.6. The van der Waals surface area contributed by atoms with Crippen LogP contribution in [0, 0.1) is 24.7 Å². The lowest BCUT2D eigenvalue weighted by Gasteiger charge is -2.55. The molecule has 0 saturated heterocycles. The molecule has 4 fully saturated rings. The van der Waals surface area contributed by atoms with Gasteiger partial charge in [-0.1, -0.05) is 0 Å². The molecule has 8 heteroatoms. The van der Waals surface area contributed by atoms with E-state index in [1.54, 1.807) is 13.8 Å². The first-order valence-electron chi connectivity index (χ1n) is 9.71. The third-order valence-corrected chi connectivity index (χ3v) is 6.87. The molecular weight excluding hydrogens is 357 g/mol. The van der Waals surface area contributed by atoms with Crippen molar-refractivity contribution >= 4 is 0 Å². The molecule has 146 valence electrons. The maximum absolute atomic E-state index is 12.9. The third kappa shape index (κ3) is 2.70. The van der Waals surface area contributed by atoms with Crippen LogP contribution in [0.1, 0.15) is 74.7 Å². The average molecular weight is 380 g/mol. The molecule has 27 heavy (non-hydrogen) atoms. The smallest absolute Gasteiger partial charge is 0.422 e. The summed E-state index contributed by atoms with van der Waals surface area (Å²) in [5.74, 6) is 3.29. The Balaban J connectivity index is 1.44. The molecule has 2 aromatic heterocycles. The minimum Gasteiger partial charge on any atom is -0.422 e. The fourth-order valence-corrected chi connectivity index (χ4v) is 6.11. The van der Waals surface area contributed by atoms with Crippen LogP contribution in [0.4, 0.5) is 13.2 Å². The molecule has 6 rings (SSSR count). The van der Waals surface area contributed by atoms with Crippen molar-refractivity contribution in [1.29, 1.82) is 0 Å². The van der Waals surface area contributed by atoms with Crippen molar-refractivity contribution in [3.63, 3.8) is 0 Å². The minimum atomic E-state index is -4.46. The molecule has 4 aliphatic carbocycles. The third-order valence-electron chi connectivity index (χ3n) is 6.87. The van der Waals surface area contributed by atoms with Gasteiger partial charge in [0.15, 0.2) is 5.69 Å². The molecule has 0 aliphatic heterocycles. The second-order valence-corrected chi connectivity index (χ2v) is 8.93. The van der Waals surface area contributed by atoms with E-state index in [2.05, 4.69) is 15.3 Å². The first-order chi connectivity index (χ1) is 12.7. The average Bonchev–Trinajstić information content (AvgIpc) is 3.20. The van der Waals surface area contributed by atoms with Gasteiger partial charge in [-0.05, 0) is 76.2 Å². The van der Waals surface area contributed by atoms with Crippen molar-refractivity contribution in [3.05, 3.63) is 29.2 Å². The van der Waals surface area contributed by atoms with Crippen LogP contribution in [0.25, 0.3) is 0 Å². The van der Waals surface area contributed by atoms with Gasteiger partial charge in [0.2, 0.25) is 11.8 Å². The summed E-state index contributed by atoms with van der Waals surface area (Å²) in [5.41, 5.74) is -0.493. The second kappa shape index (κ2) is 5.58. The zero-order valence-corrected chi connectivity index (χ0v) is 15.5. The number of halogens is 3. The van der Waals surface area contributed by atoms with E-state index in [0.717, 1.165) is 43.1 Å². The van der Waals surface area contributed by atoms with Gasteiger partial charge in [-0.15, -0.1) is 10.2 Å². The van der Waals surface area contributed by atoms with Gasteiger partial charge in [0, 0.05) is 11.1 Å². The number of aromatic nitrogens is 4. The fraction of sp³-hybridized carbons (Fsp3) is 0.737. The first-order valence-corrected chi connectivity index (χ1v) is 9.71. The molecular formula is C19H23F3N4O. The van der Waals surface area contributed by atoms with Crippen molar-refractivity contribution in [1.82, 2.24) is 20.0 Å². The zero-order valence-electron chi connectivity index (χ0n) is 15.5. The topological polar surface area (TPSA) is 56.7 Å². The van der Waals surface area contributed by atoms with Gasteiger partial charge in [-0.25, -0.2) is 0 Å². The monoisotopic (exact) mass is 380 g/mol. The molecule has 1 unspecified atom stereocenters. The fourth-order valence-electron chi connectivity index (χ4n) is 6.11. The summed E-state index contributed by atoms with van der Waals surface area (Å²) in [5, 5.41) is 12.3. The number of rotatable bonds is 3. The highest BCUT2D eigenvalue weighted by molar-refractivity contribution is 5.16. The van der Waals surface area contributed by atoms with E-state index in [-0.39, 0.29) is 5.41 Å². The van der Waals surface area contributed by atoms with Crippen LogP contribution in [-0.4, -0.2) is 20.0 Å². The number of hydrogen-bond acceptors (Lipinski definition) is 4. The highest BCUT2D eigenvalue weighted by Gasteiger charge is 2.54. The second-order valence-electron chi connectivity index (χ2n) is 8.93. The van der Waals surface area contributed by atoms with E-state index in [9.17, 15) is 13.2 Å². The van der Waals surface area contributed by atoms with Crippen LogP contribution in [-0.2, 0) is 11.6 Å². The molecule has 4 saturated carbocycles. The van der Waals surface area contributed by atoms with Gasteiger partial charge in [-0.2, -0.15) is 18.3 Å². The quantitative estimate of drug-likeness (QED) is 0.776. The predicted octanol–water partition coefficient (Wildman–Crippen LogP) is 4.67. The van der Waals surface area contributed by atoms with E-state index in [0.29, 0.717) is 17.5 Å². The number of hydrogen-bond donors (Lipinski definition) is 0. The molecule has 0 spiro atoms. The van der Waals surface area contributed by atoms with Gasteiger partial charge in [-0.3, -0.25) is 4.68 Å². The summed E-state index contributed by atoms with van der Waals surface area (Å²) >= 11 is 0. The summed E-state index contributed by atoms with van der Waals surface area (Å²) in [4.78, 5) is 0. The number of alkyl halides is 3. The molecule has 2 heterocycles. The highest BCUT2D eigenvalue weighted by atomic mass is 19.4. The van der Waals surface area contributed by atoms with Crippen LogP contribution in [0.5, 0.6) is 0 Å². The lowest BCUT2D eigenvalue weighted by Crippen LogP contribution is -2.48. The molecule has 4 bridgehead atoms. The van der Waals surface area contributed by atoms with E-state index < -0.39 is 17.9 Å². The van der Waals surface area contributed by atoms with Crippen molar-refractivity contribution < 1.29 is 17.6 Å². The molecule has 0 amide bonds. The van der Waals surface area contributed by atoms with E-state index in [4.69, 9.17) is 4.42 Å². The summed E-state index contributed by atoms with van der Waals surface area (Å²) in [6.07, 6.45) is 2.82. The maximum Gasteiger partial charge on any atom is 0.435 e. The van der Waals surface area contributed by atoms with Crippen LogP contribution in [0.2, 0.25) is 0 Å². The standard InChI is InChI=1S/C19H23F3N4O/c1-10-3-15(19(20,21)22)25-26(10)11(2)16-23-24-17(27-16)18-7-12-4-13(8-18)6-14(5-12)9-18/h3,11-14H,4-9H2,1-2H3. The highest BCUT2D eigenvalue weighted by Crippen LogP contribution is 2.60. The van der Waals surface area contributed by atoms with E-state index in [1.165, 1.54) is 23.9 Å². The first kappa shape index (κ1) is 17.3. The number of nitrogens with zero attached hydrogens (tertiary/aromatic N) is 4. The van der Waals surface area contributed by atoms with Crippen LogP contribution in [0.15, 0.2) is 10.5 Å². The molecule has 0 N–H and O–H groups in total. The lowest BCUT2D eigenvalue weighted by atomic mass is 9.49. The van der Waals surface area contributed by atoms with E-state index >= 15 is 0 Å². The molecule has 2 aromatic rings. The van der Waals surface area contributed by atoms with Gasteiger partial charge >= 0.3 is 6.18 Å². The molecule has 5 nitrogen and oxygen atoms in total. The Kier molecular flexibility index (Phi) is 3.56. The van der Waals surface area contributed by atoms with Crippen molar-refractivity contribution in [2.45, 2.75) is 70.0 Å². The Morgan fingerprint density at radius 2 is 1.70 bits per heavy atom. The maximum atomic E-state index is 12.9. The van der Waals surface area contributed by atoms with Crippen molar-refractivity contribution in [2.24, 2.45) is 17.8 Å². The van der Waals surface area contributed by atoms with Gasteiger partial charge in [0.25, 0.3) is 0 Å². The van der Waals surface area contributed by atoms with Gasteiger partial charge < -0.3 is 4.42 Å². The molecule has 4 aliphatic rings. The van der Waals surface area contributed by atoms with Crippen LogP contribution < -0.4 is 0 Å². The summed E-state index contributed by atoms with van der Waals surface area (Å²) in [6.45, 7) is 3.35. The molecule has 0 radical (unpaired) electrons. The Labute approximate surface area is 155 Å². The Morgan fingerprint density at radius 1 is 1.11 bits per heavy atom. The zero-order chi connectivity index (χ0) is 19.0. The molecule has 1 atom stereocenters. The Morgan fingerprint density at radius 3 is 2.22 bits per heavy atom. The van der Waals surface area contributed by atoms with Crippen LogP contribution >= 0.6 is 0 Å². The largest absolute Gasteiger partial charge is 0.435 e. The predicted molar refractivity (Wildman–Crippen MR) is 89.9 cm³/mol. The number of aryl methyl sites for hydroxylation is 1. The molecule has 0 aromatic carbocycles. The van der Waals surface area contributed by atoms with Crippen molar-refractivity contribution in [3.8, 4) is 0 Å². The Bertz CT molecular complexity index is 833. The van der Waals surface area contributed by atoms with Gasteiger partial charge in [0.05, 0.1) is 0 Å². The summed E-state index contributed by atoms with van der Waals surface area (Å²) < 4.78 is 46.2.